The van der Waals surface area contributed by atoms with E-state index in [0.717, 1.165) is 33.8 Å². The molecular formula is C35H26N2. The molecule has 0 N–H and O–H groups in total. The van der Waals surface area contributed by atoms with Gasteiger partial charge < -0.3 is 0 Å². The fourth-order valence-electron chi connectivity index (χ4n) is 4.73. The number of benzene rings is 5. The van der Waals surface area contributed by atoms with E-state index in [1.165, 1.54) is 27.8 Å². The summed E-state index contributed by atoms with van der Waals surface area (Å²) in [5.74, 6) is 0. The van der Waals surface area contributed by atoms with Crippen LogP contribution in [-0.4, -0.2) is 9.97 Å². The molecule has 37 heavy (non-hydrogen) atoms. The molecule has 2 heteroatoms. The fraction of sp³-hybridized carbons (Fsp3) is 0.0286. The van der Waals surface area contributed by atoms with E-state index in [-0.39, 0.29) is 0 Å². The number of nitrogens with zero attached hydrogens (tertiary/aromatic N) is 2. The molecule has 6 rings (SSSR count). The molecule has 0 aliphatic rings. The summed E-state index contributed by atoms with van der Waals surface area (Å²) in [7, 11) is 0. The number of aromatic nitrogens is 2. The zero-order valence-electron chi connectivity index (χ0n) is 20.7. The van der Waals surface area contributed by atoms with Crippen LogP contribution in [0.25, 0.3) is 56.0 Å². The Morgan fingerprint density at radius 2 is 0.919 bits per heavy atom. The summed E-state index contributed by atoms with van der Waals surface area (Å²) in [6.45, 7) is 2.15. The molecule has 0 bridgehead atoms. The molecule has 0 fully saturated rings. The van der Waals surface area contributed by atoms with Gasteiger partial charge in [0.05, 0.1) is 23.3 Å². The van der Waals surface area contributed by atoms with Crippen molar-refractivity contribution in [1.29, 1.82) is 0 Å². The molecule has 0 saturated heterocycles. The average molecular weight is 475 g/mol. The quantitative estimate of drug-likeness (QED) is 0.249. The lowest BCUT2D eigenvalue weighted by Gasteiger charge is -2.14. The highest BCUT2D eigenvalue weighted by atomic mass is 14.8. The lowest BCUT2D eigenvalue weighted by Crippen LogP contribution is -1.98. The third-order valence-electron chi connectivity index (χ3n) is 6.70. The van der Waals surface area contributed by atoms with Crippen molar-refractivity contribution in [3.63, 3.8) is 0 Å². The van der Waals surface area contributed by atoms with E-state index in [4.69, 9.17) is 9.97 Å². The van der Waals surface area contributed by atoms with Crippen LogP contribution in [0.1, 0.15) is 5.56 Å². The van der Waals surface area contributed by atoms with Crippen LogP contribution < -0.4 is 0 Å². The molecule has 2 nitrogen and oxygen atoms in total. The topological polar surface area (TPSA) is 25.8 Å². The van der Waals surface area contributed by atoms with Gasteiger partial charge in [-0.05, 0) is 34.7 Å². The molecule has 0 spiro atoms. The fourth-order valence-corrected chi connectivity index (χ4v) is 4.73. The zero-order valence-corrected chi connectivity index (χ0v) is 20.7. The van der Waals surface area contributed by atoms with Crippen molar-refractivity contribution >= 4 is 0 Å². The Bertz CT molecular complexity index is 1640. The van der Waals surface area contributed by atoms with Crippen LogP contribution in [0.4, 0.5) is 0 Å². The van der Waals surface area contributed by atoms with Crippen LogP contribution >= 0.6 is 0 Å². The van der Waals surface area contributed by atoms with Gasteiger partial charge in [-0.2, -0.15) is 0 Å². The molecule has 0 aliphatic carbocycles. The van der Waals surface area contributed by atoms with Gasteiger partial charge in [-0.1, -0.05) is 133 Å². The summed E-state index contributed by atoms with van der Waals surface area (Å²) in [5.41, 5.74) is 11.8. The molecule has 0 saturated carbocycles. The zero-order chi connectivity index (χ0) is 25.0. The highest BCUT2D eigenvalue weighted by Gasteiger charge is 2.16. The second kappa shape index (κ2) is 10.0. The first-order valence-electron chi connectivity index (χ1n) is 12.5. The van der Waals surface area contributed by atoms with Gasteiger partial charge in [-0.3, -0.25) is 4.98 Å². The standard InChI is InChI=1S/C35H26N2/c1-25-23-31(27-13-7-3-8-14-27)21-22-32(25)35-34(37-33(24-36-35)29-15-9-4-10-16-29)30-19-17-28(18-20-30)26-11-5-2-6-12-26/h2-24H,1H3. The average Bonchev–Trinajstić information content (AvgIpc) is 2.98. The Labute approximate surface area is 218 Å². The maximum Gasteiger partial charge on any atom is 0.0972 e. The van der Waals surface area contributed by atoms with Crippen LogP contribution in [0.3, 0.4) is 0 Å². The van der Waals surface area contributed by atoms with E-state index >= 15 is 0 Å². The van der Waals surface area contributed by atoms with Gasteiger partial charge in [0.25, 0.3) is 0 Å². The number of hydrogen-bond donors (Lipinski definition) is 0. The summed E-state index contributed by atoms with van der Waals surface area (Å²) in [5, 5.41) is 0. The van der Waals surface area contributed by atoms with Crippen molar-refractivity contribution in [1.82, 2.24) is 9.97 Å². The largest absolute Gasteiger partial charge is 0.252 e. The van der Waals surface area contributed by atoms with Crippen molar-refractivity contribution < 1.29 is 0 Å². The first-order chi connectivity index (χ1) is 18.3. The smallest absolute Gasteiger partial charge is 0.0972 e. The molecule has 1 heterocycles. The van der Waals surface area contributed by atoms with E-state index in [1.807, 2.05) is 36.5 Å². The van der Waals surface area contributed by atoms with Crippen LogP contribution in [0.15, 0.2) is 140 Å². The number of hydrogen-bond acceptors (Lipinski definition) is 2. The first-order valence-corrected chi connectivity index (χ1v) is 12.5. The normalized spacial score (nSPS) is 10.8. The van der Waals surface area contributed by atoms with Crippen molar-refractivity contribution in [2.24, 2.45) is 0 Å². The van der Waals surface area contributed by atoms with Gasteiger partial charge in [-0.25, -0.2) is 4.98 Å². The van der Waals surface area contributed by atoms with Gasteiger partial charge in [-0.15, -0.1) is 0 Å². The minimum Gasteiger partial charge on any atom is -0.252 e. The molecule has 0 amide bonds. The van der Waals surface area contributed by atoms with Crippen LogP contribution in [0, 0.1) is 6.92 Å². The predicted molar refractivity (Wildman–Crippen MR) is 154 cm³/mol. The third kappa shape index (κ3) is 4.70. The van der Waals surface area contributed by atoms with Crippen molar-refractivity contribution in [3.05, 3.63) is 145 Å². The Hall–Kier alpha value is -4.82. The Kier molecular flexibility index (Phi) is 6.14. The Morgan fingerprint density at radius 1 is 0.432 bits per heavy atom. The second-order valence-corrected chi connectivity index (χ2v) is 9.16. The highest BCUT2D eigenvalue weighted by Crippen LogP contribution is 2.35. The molecule has 0 radical (unpaired) electrons. The van der Waals surface area contributed by atoms with Crippen molar-refractivity contribution in [2.45, 2.75) is 6.92 Å². The molecule has 176 valence electrons. The van der Waals surface area contributed by atoms with E-state index in [0.29, 0.717) is 0 Å². The Morgan fingerprint density at radius 3 is 1.51 bits per heavy atom. The molecule has 0 unspecified atom stereocenters. The van der Waals surface area contributed by atoms with Gasteiger partial charge in [0.15, 0.2) is 0 Å². The molecule has 0 aliphatic heterocycles. The first kappa shape index (κ1) is 22.6. The lowest BCUT2D eigenvalue weighted by molar-refractivity contribution is 1.21. The minimum atomic E-state index is 0.866. The molecule has 0 atom stereocenters. The minimum absolute atomic E-state index is 0.866. The van der Waals surface area contributed by atoms with Crippen LogP contribution in [0.2, 0.25) is 0 Å². The summed E-state index contributed by atoms with van der Waals surface area (Å²) in [4.78, 5) is 10.1. The maximum atomic E-state index is 5.15. The van der Waals surface area contributed by atoms with E-state index < -0.39 is 0 Å². The highest BCUT2D eigenvalue weighted by molar-refractivity contribution is 5.83. The summed E-state index contributed by atoms with van der Waals surface area (Å²) >= 11 is 0. The SMILES string of the molecule is Cc1cc(-c2ccccc2)ccc1-c1ncc(-c2ccccc2)nc1-c1ccc(-c2ccccc2)cc1. The third-order valence-corrected chi connectivity index (χ3v) is 6.70. The Balaban J connectivity index is 1.47. The number of rotatable bonds is 5. The summed E-state index contributed by atoms with van der Waals surface area (Å²) in [6, 6.07) is 46.4. The molecule has 5 aromatic carbocycles. The van der Waals surface area contributed by atoms with Crippen LogP contribution in [0.5, 0.6) is 0 Å². The van der Waals surface area contributed by atoms with Gasteiger partial charge >= 0.3 is 0 Å². The second-order valence-electron chi connectivity index (χ2n) is 9.16. The molecule has 6 aromatic rings. The van der Waals surface area contributed by atoms with Crippen LogP contribution in [-0.2, 0) is 0 Å². The summed E-state index contributed by atoms with van der Waals surface area (Å²) < 4.78 is 0. The van der Waals surface area contributed by atoms with E-state index in [1.54, 1.807) is 0 Å². The predicted octanol–water partition coefficient (Wildman–Crippen LogP) is 9.12. The number of aryl methyl sites for hydroxylation is 1. The lowest BCUT2D eigenvalue weighted by atomic mass is 9.95. The monoisotopic (exact) mass is 474 g/mol. The molecule has 1 aromatic heterocycles. The van der Waals surface area contributed by atoms with E-state index in [2.05, 4.69) is 110 Å². The van der Waals surface area contributed by atoms with E-state index in [9.17, 15) is 0 Å². The summed E-state index contributed by atoms with van der Waals surface area (Å²) in [6.07, 6.45) is 1.89. The van der Waals surface area contributed by atoms with Crippen molar-refractivity contribution in [3.8, 4) is 56.0 Å². The van der Waals surface area contributed by atoms with Gasteiger partial charge in [0.1, 0.15) is 0 Å². The van der Waals surface area contributed by atoms with Crippen molar-refractivity contribution in [2.75, 3.05) is 0 Å². The maximum absolute atomic E-state index is 5.15. The van der Waals surface area contributed by atoms with Gasteiger partial charge in [0, 0.05) is 16.7 Å². The molecular weight excluding hydrogens is 448 g/mol. The van der Waals surface area contributed by atoms with Gasteiger partial charge in [0.2, 0.25) is 0 Å².